The van der Waals surface area contributed by atoms with E-state index in [1.165, 1.54) is 5.56 Å². The zero-order chi connectivity index (χ0) is 21.1. The number of hydrogen-bond acceptors (Lipinski definition) is 5. The largest absolute Gasteiger partial charge is 0.345 e. The first kappa shape index (κ1) is 19.7. The van der Waals surface area contributed by atoms with Gasteiger partial charge in [0.05, 0.1) is 10.5 Å². The Morgan fingerprint density at radius 2 is 1.67 bits per heavy atom. The predicted molar refractivity (Wildman–Crippen MR) is 119 cm³/mol. The van der Waals surface area contributed by atoms with Crippen LogP contribution in [0.1, 0.15) is 11.1 Å². The topological polar surface area (TPSA) is 63.2 Å². The Hall–Kier alpha value is -3.58. The number of aromatic nitrogens is 2. The van der Waals surface area contributed by atoms with E-state index >= 15 is 0 Å². The predicted octanol–water partition coefficient (Wildman–Crippen LogP) is 5.13. The Morgan fingerprint density at radius 3 is 2.30 bits per heavy atom. The van der Waals surface area contributed by atoms with Crippen LogP contribution in [-0.4, -0.2) is 17.0 Å². The summed E-state index contributed by atoms with van der Waals surface area (Å²) in [5.74, 6) is 0.871. The molecule has 0 N–H and O–H groups in total. The summed E-state index contributed by atoms with van der Waals surface area (Å²) in [6.45, 7) is 2.64. The highest BCUT2D eigenvalue weighted by atomic mass is 32.1. The molecule has 0 saturated carbocycles. The number of rotatable bonds is 6. The van der Waals surface area contributed by atoms with Gasteiger partial charge in [0.1, 0.15) is 18.1 Å². The maximum Gasteiger partial charge on any atom is 0.345 e. The van der Waals surface area contributed by atoms with Crippen LogP contribution >= 0.6 is 11.5 Å². The van der Waals surface area contributed by atoms with Crippen LogP contribution in [-0.2, 0) is 6.54 Å². The average molecular weight is 418 g/mol. The Bertz CT molecular complexity index is 1160. The van der Waals surface area contributed by atoms with E-state index in [0.717, 1.165) is 27.8 Å². The number of para-hydroxylation sites is 1. The SMILES string of the molecule is Cc1ccc(-c2nc(N(C)c3ccccc3)s[n+]2Cc2ccc([N+](=O)[O-])cc2)cc1. The van der Waals surface area contributed by atoms with Crippen LogP contribution in [0.5, 0.6) is 0 Å². The van der Waals surface area contributed by atoms with Gasteiger partial charge in [-0.05, 0) is 53.9 Å². The van der Waals surface area contributed by atoms with Gasteiger partial charge in [-0.3, -0.25) is 15.0 Å². The summed E-state index contributed by atoms with van der Waals surface area (Å²) in [5.41, 5.74) is 4.36. The number of aryl methyl sites for hydroxylation is 1. The summed E-state index contributed by atoms with van der Waals surface area (Å²) in [7, 11) is 2.00. The fourth-order valence-electron chi connectivity index (χ4n) is 3.11. The molecule has 0 aliphatic carbocycles. The van der Waals surface area contributed by atoms with Gasteiger partial charge in [0.2, 0.25) is 0 Å². The molecule has 4 rings (SSSR count). The van der Waals surface area contributed by atoms with E-state index in [9.17, 15) is 10.1 Å². The van der Waals surface area contributed by atoms with Crippen molar-refractivity contribution < 1.29 is 8.88 Å². The minimum Gasteiger partial charge on any atom is -0.297 e. The maximum atomic E-state index is 10.9. The fraction of sp³-hybridized carbons (Fsp3) is 0.130. The van der Waals surface area contributed by atoms with Crippen molar-refractivity contribution in [2.45, 2.75) is 13.5 Å². The number of benzene rings is 3. The number of nitro benzene ring substituents is 1. The molecule has 0 bridgehead atoms. The Kier molecular flexibility index (Phi) is 5.54. The van der Waals surface area contributed by atoms with E-state index in [1.807, 2.05) is 37.4 Å². The number of non-ortho nitro benzene ring substituents is 1. The maximum absolute atomic E-state index is 10.9. The van der Waals surface area contributed by atoms with E-state index in [4.69, 9.17) is 4.98 Å². The van der Waals surface area contributed by atoms with Crippen LogP contribution in [0, 0.1) is 17.0 Å². The lowest BCUT2D eigenvalue weighted by atomic mass is 10.1. The number of hydrogen-bond donors (Lipinski definition) is 0. The second-order valence-corrected chi connectivity index (χ2v) is 8.02. The van der Waals surface area contributed by atoms with Crippen LogP contribution in [0.4, 0.5) is 16.5 Å². The number of nitro groups is 1. The molecule has 3 aromatic carbocycles. The van der Waals surface area contributed by atoms with Gasteiger partial charge in [-0.2, -0.15) is 3.96 Å². The van der Waals surface area contributed by atoms with Gasteiger partial charge in [0, 0.05) is 24.9 Å². The zero-order valence-electron chi connectivity index (χ0n) is 16.7. The van der Waals surface area contributed by atoms with E-state index < -0.39 is 0 Å². The lowest BCUT2D eigenvalue weighted by Crippen LogP contribution is -2.32. The van der Waals surface area contributed by atoms with Crippen molar-refractivity contribution in [3.8, 4) is 11.4 Å². The van der Waals surface area contributed by atoms with Crippen LogP contribution < -0.4 is 8.86 Å². The van der Waals surface area contributed by atoms with Crippen molar-refractivity contribution in [3.05, 3.63) is 100 Å². The van der Waals surface area contributed by atoms with Gasteiger partial charge < -0.3 is 0 Å². The fourth-order valence-corrected chi connectivity index (χ4v) is 4.11. The molecule has 0 atom stereocenters. The van der Waals surface area contributed by atoms with Gasteiger partial charge in [-0.15, -0.1) is 0 Å². The minimum atomic E-state index is -0.381. The second kappa shape index (κ2) is 8.42. The van der Waals surface area contributed by atoms with Crippen LogP contribution in [0.3, 0.4) is 0 Å². The molecule has 0 unspecified atom stereocenters. The van der Waals surface area contributed by atoms with Crippen LogP contribution in [0.15, 0.2) is 78.9 Å². The van der Waals surface area contributed by atoms with Crippen LogP contribution in [0.2, 0.25) is 0 Å². The van der Waals surface area contributed by atoms with E-state index in [1.54, 1.807) is 35.8 Å². The monoisotopic (exact) mass is 417 g/mol. The van der Waals surface area contributed by atoms with E-state index in [0.29, 0.717) is 6.54 Å². The molecule has 0 amide bonds. The van der Waals surface area contributed by atoms with Gasteiger partial charge in [-0.25, -0.2) is 0 Å². The molecule has 150 valence electrons. The van der Waals surface area contributed by atoms with Crippen molar-refractivity contribution in [2.24, 2.45) is 0 Å². The summed E-state index contributed by atoms with van der Waals surface area (Å²) in [5, 5.41) is 11.8. The van der Waals surface area contributed by atoms with Crippen molar-refractivity contribution in [1.82, 2.24) is 4.98 Å². The number of nitrogens with zero attached hydrogens (tertiary/aromatic N) is 4. The molecular weight excluding hydrogens is 396 g/mol. The smallest absolute Gasteiger partial charge is 0.297 e. The molecule has 0 aliphatic heterocycles. The molecule has 4 aromatic rings. The average Bonchev–Trinajstić information content (AvgIpc) is 3.18. The Morgan fingerprint density at radius 1 is 1.00 bits per heavy atom. The molecule has 6 nitrogen and oxygen atoms in total. The number of anilines is 2. The molecule has 7 heteroatoms. The Labute approximate surface area is 179 Å². The van der Waals surface area contributed by atoms with Crippen molar-refractivity contribution in [3.63, 3.8) is 0 Å². The molecule has 0 spiro atoms. The zero-order valence-corrected chi connectivity index (χ0v) is 17.5. The van der Waals surface area contributed by atoms with Crippen molar-refractivity contribution in [2.75, 3.05) is 11.9 Å². The summed E-state index contributed by atoms with van der Waals surface area (Å²) in [4.78, 5) is 17.5. The minimum absolute atomic E-state index is 0.0938. The second-order valence-electron chi connectivity index (χ2n) is 7.03. The summed E-state index contributed by atoms with van der Waals surface area (Å²) in [6, 6.07) is 25.1. The lowest BCUT2D eigenvalue weighted by Gasteiger charge is -2.11. The molecule has 30 heavy (non-hydrogen) atoms. The van der Waals surface area contributed by atoms with Gasteiger partial charge in [0.25, 0.3) is 5.69 Å². The third-order valence-electron chi connectivity index (χ3n) is 4.84. The highest BCUT2D eigenvalue weighted by molar-refractivity contribution is 7.06. The lowest BCUT2D eigenvalue weighted by molar-refractivity contribution is -0.610. The Balaban J connectivity index is 1.72. The molecule has 0 aliphatic rings. The first-order valence-electron chi connectivity index (χ1n) is 9.51. The standard InChI is InChI=1S/C23H21N4O2S/c1-17-8-12-19(13-9-17)22-24-23(25(2)20-6-4-3-5-7-20)30-26(22)16-18-10-14-21(15-11-18)27(28)29/h3-15H,16H2,1-2H3/q+1. The first-order chi connectivity index (χ1) is 14.5. The summed E-state index contributed by atoms with van der Waals surface area (Å²) >= 11 is 1.56. The van der Waals surface area contributed by atoms with Crippen LogP contribution in [0.25, 0.3) is 11.4 Å². The molecule has 1 heterocycles. The summed E-state index contributed by atoms with van der Waals surface area (Å²) in [6.07, 6.45) is 0. The third kappa shape index (κ3) is 4.21. The molecule has 0 fully saturated rings. The quantitative estimate of drug-likeness (QED) is 0.248. The van der Waals surface area contributed by atoms with E-state index in [-0.39, 0.29) is 10.6 Å². The molecule has 0 radical (unpaired) electrons. The van der Waals surface area contributed by atoms with Gasteiger partial charge in [-0.1, -0.05) is 35.9 Å². The van der Waals surface area contributed by atoms with Gasteiger partial charge >= 0.3 is 11.0 Å². The normalized spacial score (nSPS) is 10.7. The van der Waals surface area contributed by atoms with Gasteiger partial charge in [0.15, 0.2) is 0 Å². The summed E-state index contributed by atoms with van der Waals surface area (Å²) < 4.78 is 2.13. The molecule has 0 saturated heterocycles. The highest BCUT2D eigenvalue weighted by Crippen LogP contribution is 2.28. The molecular formula is C23H21N4O2S+. The molecule has 1 aromatic heterocycles. The van der Waals surface area contributed by atoms with Crippen molar-refractivity contribution >= 4 is 28.0 Å². The van der Waals surface area contributed by atoms with E-state index in [2.05, 4.69) is 40.0 Å². The third-order valence-corrected chi connectivity index (χ3v) is 5.89. The highest BCUT2D eigenvalue weighted by Gasteiger charge is 2.26. The first-order valence-corrected chi connectivity index (χ1v) is 10.3. The van der Waals surface area contributed by atoms with Crippen molar-refractivity contribution in [1.29, 1.82) is 0 Å².